The van der Waals surface area contributed by atoms with Crippen LogP contribution in [0.15, 0.2) is 0 Å². The molecule has 12 heavy (non-hydrogen) atoms. The molecule has 0 aromatic carbocycles. The van der Waals surface area contributed by atoms with Crippen molar-refractivity contribution in [3.8, 4) is 0 Å². The average molecular weight is 170 g/mol. The van der Waals surface area contributed by atoms with Gasteiger partial charge in [0.15, 0.2) is 0 Å². The zero-order chi connectivity index (χ0) is 9.14. The van der Waals surface area contributed by atoms with Crippen molar-refractivity contribution in [3.05, 3.63) is 0 Å². The lowest BCUT2D eigenvalue weighted by molar-refractivity contribution is -0.0738. The zero-order valence-corrected chi connectivity index (χ0v) is 8.84. The van der Waals surface area contributed by atoms with E-state index < -0.39 is 0 Å². The summed E-state index contributed by atoms with van der Waals surface area (Å²) in [7, 11) is 0. The van der Waals surface area contributed by atoms with Crippen molar-refractivity contribution in [2.75, 3.05) is 0 Å². The maximum atomic E-state index is 5.91. The first-order valence-electron chi connectivity index (χ1n) is 5.26. The standard InChI is InChI=1S/C11H22O/c1-8(2)10(4)11-7-5-6-9(3)12-11/h8-11H,5-7H2,1-4H3/t9-,10+,11-/m0/s1. The number of hydrogen-bond donors (Lipinski definition) is 0. The van der Waals surface area contributed by atoms with Crippen molar-refractivity contribution in [2.45, 2.75) is 59.2 Å². The maximum absolute atomic E-state index is 5.91. The van der Waals surface area contributed by atoms with Crippen LogP contribution in [0.5, 0.6) is 0 Å². The normalized spacial score (nSPS) is 33.8. The Balaban J connectivity index is 2.40. The van der Waals surface area contributed by atoms with Crippen molar-refractivity contribution < 1.29 is 4.74 Å². The van der Waals surface area contributed by atoms with Gasteiger partial charge in [-0.1, -0.05) is 20.8 Å². The fourth-order valence-electron chi connectivity index (χ4n) is 1.86. The van der Waals surface area contributed by atoms with Crippen molar-refractivity contribution in [2.24, 2.45) is 11.8 Å². The van der Waals surface area contributed by atoms with Gasteiger partial charge in [0.2, 0.25) is 0 Å². The van der Waals surface area contributed by atoms with Gasteiger partial charge in [0.05, 0.1) is 12.2 Å². The van der Waals surface area contributed by atoms with E-state index in [2.05, 4.69) is 27.7 Å². The summed E-state index contributed by atoms with van der Waals surface area (Å²) in [5.74, 6) is 1.47. The van der Waals surface area contributed by atoms with E-state index in [0.717, 1.165) is 5.92 Å². The molecule has 1 nitrogen and oxygen atoms in total. The summed E-state index contributed by atoms with van der Waals surface area (Å²) in [6.07, 6.45) is 4.88. The highest BCUT2D eigenvalue weighted by molar-refractivity contribution is 4.74. The molecule has 3 atom stereocenters. The number of rotatable bonds is 2. The van der Waals surface area contributed by atoms with E-state index in [1.165, 1.54) is 19.3 Å². The highest BCUT2D eigenvalue weighted by Crippen LogP contribution is 2.27. The molecule has 0 radical (unpaired) electrons. The summed E-state index contributed by atoms with van der Waals surface area (Å²) in [5, 5.41) is 0. The molecule has 1 heterocycles. The van der Waals surface area contributed by atoms with Gasteiger partial charge in [0, 0.05) is 0 Å². The molecule has 1 saturated heterocycles. The molecular weight excluding hydrogens is 148 g/mol. The second kappa shape index (κ2) is 4.27. The lowest BCUT2D eigenvalue weighted by Gasteiger charge is -2.33. The van der Waals surface area contributed by atoms with Crippen LogP contribution in [0.3, 0.4) is 0 Å². The molecule has 0 spiro atoms. The summed E-state index contributed by atoms with van der Waals surface area (Å²) in [6.45, 7) is 9.08. The monoisotopic (exact) mass is 170 g/mol. The van der Waals surface area contributed by atoms with Gasteiger partial charge in [-0.2, -0.15) is 0 Å². The van der Waals surface area contributed by atoms with Crippen molar-refractivity contribution in [1.82, 2.24) is 0 Å². The highest BCUT2D eigenvalue weighted by Gasteiger charge is 2.25. The molecule has 0 bridgehead atoms. The third kappa shape index (κ3) is 2.48. The molecule has 72 valence electrons. The Bertz CT molecular complexity index is 131. The Morgan fingerprint density at radius 3 is 2.33 bits per heavy atom. The molecule has 0 aromatic heterocycles. The molecule has 1 fully saturated rings. The number of ether oxygens (including phenoxy) is 1. The van der Waals surface area contributed by atoms with E-state index in [1.807, 2.05) is 0 Å². The van der Waals surface area contributed by atoms with E-state index in [-0.39, 0.29) is 0 Å². The van der Waals surface area contributed by atoms with Gasteiger partial charge in [0.1, 0.15) is 0 Å². The summed E-state index contributed by atoms with van der Waals surface area (Å²) in [4.78, 5) is 0. The minimum absolute atomic E-state index is 0.491. The molecule has 0 N–H and O–H groups in total. The van der Waals surface area contributed by atoms with Crippen LogP contribution in [0.1, 0.15) is 47.0 Å². The third-order valence-corrected chi connectivity index (χ3v) is 3.14. The fraction of sp³-hybridized carbons (Fsp3) is 1.00. The first-order chi connectivity index (χ1) is 5.61. The molecule has 0 aliphatic carbocycles. The second-order valence-electron chi connectivity index (χ2n) is 4.52. The Morgan fingerprint density at radius 2 is 1.83 bits per heavy atom. The predicted octanol–water partition coefficient (Wildman–Crippen LogP) is 3.24. The first-order valence-corrected chi connectivity index (χ1v) is 5.26. The second-order valence-corrected chi connectivity index (χ2v) is 4.52. The Labute approximate surface area is 76.5 Å². The summed E-state index contributed by atoms with van der Waals surface area (Å²) in [5.41, 5.74) is 0. The van der Waals surface area contributed by atoms with Crippen molar-refractivity contribution in [1.29, 1.82) is 0 Å². The smallest absolute Gasteiger partial charge is 0.0606 e. The van der Waals surface area contributed by atoms with Crippen molar-refractivity contribution in [3.63, 3.8) is 0 Å². The summed E-state index contributed by atoms with van der Waals surface area (Å²) < 4.78 is 5.91. The van der Waals surface area contributed by atoms with Crippen LogP contribution in [-0.4, -0.2) is 12.2 Å². The summed E-state index contributed by atoms with van der Waals surface area (Å²) in [6, 6.07) is 0. The van der Waals surface area contributed by atoms with E-state index in [4.69, 9.17) is 4.74 Å². The van der Waals surface area contributed by atoms with Crippen LogP contribution in [0.2, 0.25) is 0 Å². The van der Waals surface area contributed by atoms with Gasteiger partial charge < -0.3 is 4.74 Å². The molecule has 0 unspecified atom stereocenters. The zero-order valence-electron chi connectivity index (χ0n) is 8.84. The minimum Gasteiger partial charge on any atom is -0.375 e. The fourth-order valence-corrected chi connectivity index (χ4v) is 1.86. The minimum atomic E-state index is 0.491. The largest absolute Gasteiger partial charge is 0.375 e. The first kappa shape index (κ1) is 10.0. The molecule has 1 rings (SSSR count). The van der Waals surface area contributed by atoms with Gasteiger partial charge in [-0.15, -0.1) is 0 Å². The van der Waals surface area contributed by atoms with Crippen LogP contribution in [0.4, 0.5) is 0 Å². The topological polar surface area (TPSA) is 9.23 Å². The average Bonchev–Trinajstić information content (AvgIpc) is 2.03. The van der Waals surface area contributed by atoms with Crippen LogP contribution >= 0.6 is 0 Å². The molecule has 0 amide bonds. The van der Waals surface area contributed by atoms with Crippen LogP contribution in [-0.2, 0) is 4.74 Å². The highest BCUT2D eigenvalue weighted by atomic mass is 16.5. The van der Waals surface area contributed by atoms with Gasteiger partial charge in [-0.3, -0.25) is 0 Å². The number of hydrogen-bond acceptors (Lipinski definition) is 1. The predicted molar refractivity (Wildman–Crippen MR) is 52.2 cm³/mol. The molecular formula is C11H22O. The quantitative estimate of drug-likeness (QED) is 0.618. The summed E-state index contributed by atoms with van der Waals surface area (Å²) >= 11 is 0. The maximum Gasteiger partial charge on any atom is 0.0606 e. The third-order valence-electron chi connectivity index (χ3n) is 3.14. The van der Waals surface area contributed by atoms with E-state index in [0.29, 0.717) is 18.1 Å². The molecule has 0 saturated carbocycles. The van der Waals surface area contributed by atoms with Gasteiger partial charge >= 0.3 is 0 Å². The van der Waals surface area contributed by atoms with E-state index in [1.54, 1.807) is 0 Å². The van der Waals surface area contributed by atoms with Crippen LogP contribution in [0, 0.1) is 11.8 Å². The van der Waals surface area contributed by atoms with Crippen LogP contribution in [0.25, 0.3) is 0 Å². The molecule has 1 aliphatic rings. The van der Waals surface area contributed by atoms with E-state index in [9.17, 15) is 0 Å². The van der Waals surface area contributed by atoms with Crippen LogP contribution < -0.4 is 0 Å². The molecule has 1 heteroatoms. The van der Waals surface area contributed by atoms with Gasteiger partial charge in [-0.25, -0.2) is 0 Å². The molecule has 1 aliphatic heterocycles. The molecule has 0 aromatic rings. The van der Waals surface area contributed by atoms with E-state index >= 15 is 0 Å². The SMILES string of the molecule is CC(C)[C@@H](C)[C@@H]1CCC[C@H](C)O1. The van der Waals surface area contributed by atoms with Gasteiger partial charge in [0.25, 0.3) is 0 Å². The Kier molecular flexibility index (Phi) is 3.57. The lowest BCUT2D eigenvalue weighted by Crippen LogP contribution is -2.32. The Morgan fingerprint density at radius 1 is 1.17 bits per heavy atom. The Hall–Kier alpha value is -0.0400. The lowest BCUT2D eigenvalue weighted by atomic mass is 9.87. The van der Waals surface area contributed by atoms with Crippen molar-refractivity contribution >= 4 is 0 Å². The van der Waals surface area contributed by atoms with Gasteiger partial charge in [-0.05, 0) is 38.0 Å².